The molecule has 11 heavy (non-hydrogen) atoms. The molecule has 0 saturated carbocycles. The van der Waals surface area contributed by atoms with Gasteiger partial charge in [0.1, 0.15) is 0 Å². The highest BCUT2D eigenvalue weighted by molar-refractivity contribution is 6.05. The molecule has 0 saturated heterocycles. The van der Waals surface area contributed by atoms with Crippen LogP contribution in [0, 0.1) is 0 Å². The molecule has 2 N–H and O–H groups in total. The molecule has 0 aromatic carbocycles. The Morgan fingerprint density at radius 1 is 1.64 bits per heavy atom. The summed E-state index contributed by atoms with van der Waals surface area (Å²) in [6.45, 7) is 4.26. The van der Waals surface area contributed by atoms with E-state index in [-0.39, 0.29) is 6.42 Å². The van der Waals surface area contributed by atoms with E-state index in [9.17, 15) is 9.59 Å². The van der Waals surface area contributed by atoms with Crippen LogP contribution in [0.4, 0.5) is 0 Å². The first-order chi connectivity index (χ1) is 4.95. The maximum absolute atomic E-state index is 10.6. The summed E-state index contributed by atoms with van der Waals surface area (Å²) in [6, 6.07) is 0. The Hall–Kier alpha value is -1.16. The molecular weight excluding hydrogens is 148 g/mol. The van der Waals surface area contributed by atoms with Gasteiger partial charge in [-0.1, -0.05) is 6.08 Å². The van der Waals surface area contributed by atoms with Gasteiger partial charge in [0.05, 0.1) is 0 Å². The number of carboxylic acids is 1. The van der Waals surface area contributed by atoms with Gasteiger partial charge >= 0.3 is 5.97 Å². The van der Waals surface area contributed by atoms with Crippen molar-refractivity contribution < 1.29 is 19.8 Å². The predicted octanol–water partition coefficient (Wildman–Crippen LogP) is -0.0328. The van der Waals surface area contributed by atoms with Crippen LogP contribution in [0.1, 0.15) is 13.3 Å². The lowest BCUT2D eigenvalue weighted by Gasteiger charge is -2.17. The topological polar surface area (TPSA) is 74.6 Å². The van der Waals surface area contributed by atoms with E-state index >= 15 is 0 Å². The largest absolute Gasteiger partial charge is 0.479 e. The molecule has 62 valence electrons. The Morgan fingerprint density at radius 2 is 2.09 bits per heavy atom. The van der Waals surface area contributed by atoms with Gasteiger partial charge in [-0.05, 0) is 6.92 Å². The lowest BCUT2D eigenvalue weighted by Crippen LogP contribution is -2.44. The van der Waals surface area contributed by atoms with Crippen molar-refractivity contribution in [2.75, 3.05) is 0 Å². The fourth-order valence-electron chi connectivity index (χ4n) is 0.591. The Labute approximate surface area is 64.2 Å². The van der Waals surface area contributed by atoms with E-state index in [0.717, 1.165) is 6.92 Å². The molecule has 0 unspecified atom stereocenters. The van der Waals surface area contributed by atoms with Crippen LogP contribution in [0.15, 0.2) is 12.7 Å². The zero-order chi connectivity index (χ0) is 9.07. The van der Waals surface area contributed by atoms with Crippen LogP contribution < -0.4 is 0 Å². The summed E-state index contributed by atoms with van der Waals surface area (Å²) >= 11 is 0. The first-order valence-electron chi connectivity index (χ1n) is 3.03. The second-order valence-corrected chi connectivity index (χ2v) is 2.21. The lowest BCUT2D eigenvalue weighted by molar-refractivity contribution is -0.163. The van der Waals surface area contributed by atoms with Gasteiger partial charge in [0.25, 0.3) is 0 Å². The molecule has 0 rings (SSSR count). The summed E-state index contributed by atoms with van der Waals surface area (Å²) in [6.07, 6.45) is 0.924. The zero-order valence-electron chi connectivity index (χ0n) is 6.20. The van der Waals surface area contributed by atoms with E-state index in [1.165, 1.54) is 6.08 Å². The Kier molecular flexibility index (Phi) is 2.95. The van der Waals surface area contributed by atoms with E-state index in [1.54, 1.807) is 0 Å². The quantitative estimate of drug-likeness (QED) is 0.445. The van der Waals surface area contributed by atoms with Gasteiger partial charge in [0.2, 0.25) is 5.60 Å². The van der Waals surface area contributed by atoms with E-state index in [2.05, 4.69) is 6.58 Å². The number of rotatable bonds is 4. The summed E-state index contributed by atoms with van der Waals surface area (Å²) in [7, 11) is 0. The van der Waals surface area contributed by atoms with Gasteiger partial charge in [0, 0.05) is 6.42 Å². The molecule has 0 heterocycles. The molecule has 0 aliphatic heterocycles. The van der Waals surface area contributed by atoms with Crippen molar-refractivity contribution in [3.63, 3.8) is 0 Å². The number of ketones is 1. The van der Waals surface area contributed by atoms with Gasteiger partial charge < -0.3 is 10.2 Å². The first-order valence-corrected chi connectivity index (χ1v) is 3.03. The second kappa shape index (κ2) is 3.30. The van der Waals surface area contributed by atoms with Crippen LogP contribution in [0.25, 0.3) is 0 Å². The Balaban J connectivity index is 4.65. The van der Waals surface area contributed by atoms with Gasteiger partial charge in [-0.2, -0.15) is 0 Å². The van der Waals surface area contributed by atoms with Crippen LogP contribution in [0.3, 0.4) is 0 Å². The number of carboxylic acid groups (broad SMARTS) is 1. The highest BCUT2D eigenvalue weighted by Crippen LogP contribution is 2.12. The number of hydrogen-bond donors (Lipinski definition) is 2. The molecule has 0 spiro atoms. The van der Waals surface area contributed by atoms with Crippen LogP contribution in [0.5, 0.6) is 0 Å². The summed E-state index contributed by atoms with van der Waals surface area (Å²) in [5.74, 6) is -2.32. The minimum Gasteiger partial charge on any atom is -0.479 e. The molecule has 4 nitrogen and oxygen atoms in total. The van der Waals surface area contributed by atoms with E-state index in [0.29, 0.717) is 0 Å². The molecular formula is C7H10O4. The van der Waals surface area contributed by atoms with Crippen LogP contribution in [-0.2, 0) is 9.59 Å². The molecule has 0 fully saturated rings. The third-order valence-corrected chi connectivity index (χ3v) is 1.38. The molecule has 0 aromatic rings. The normalized spacial score (nSPS) is 15.1. The van der Waals surface area contributed by atoms with Gasteiger partial charge in [0.15, 0.2) is 5.78 Å². The van der Waals surface area contributed by atoms with Crippen molar-refractivity contribution in [2.24, 2.45) is 0 Å². The number of Topliss-reactive ketones (excluding diaryl/α,β-unsaturated/α-hetero) is 1. The minimum atomic E-state index is -2.29. The predicted molar refractivity (Wildman–Crippen MR) is 38.1 cm³/mol. The molecule has 0 amide bonds. The fourth-order valence-corrected chi connectivity index (χ4v) is 0.591. The summed E-state index contributed by atoms with van der Waals surface area (Å²) < 4.78 is 0. The number of carbonyl (C=O) groups excluding carboxylic acids is 1. The Morgan fingerprint density at radius 3 is 2.18 bits per heavy atom. The maximum Gasteiger partial charge on any atom is 0.343 e. The van der Waals surface area contributed by atoms with Crippen molar-refractivity contribution in [3.8, 4) is 0 Å². The highest BCUT2D eigenvalue weighted by Gasteiger charge is 2.39. The fraction of sp³-hybridized carbons (Fsp3) is 0.429. The third kappa shape index (κ3) is 1.88. The summed E-state index contributed by atoms with van der Waals surface area (Å²) in [5.41, 5.74) is -2.29. The Bertz CT molecular complexity index is 181. The van der Waals surface area contributed by atoms with Gasteiger partial charge in [-0.15, -0.1) is 6.58 Å². The average Bonchev–Trinajstić information content (AvgIpc) is 1.87. The molecule has 0 aromatic heterocycles. The lowest BCUT2D eigenvalue weighted by atomic mass is 9.96. The number of hydrogen-bond acceptors (Lipinski definition) is 3. The highest BCUT2D eigenvalue weighted by atomic mass is 16.4. The number of carbonyl (C=O) groups is 2. The first kappa shape index (κ1) is 9.84. The third-order valence-electron chi connectivity index (χ3n) is 1.38. The molecule has 0 aliphatic rings. The average molecular weight is 158 g/mol. The van der Waals surface area contributed by atoms with Crippen LogP contribution in [0.2, 0.25) is 0 Å². The number of aliphatic carboxylic acids is 1. The van der Waals surface area contributed by atoms with Crippen LogP contribution >= 0.6 is 0 Å². The molecule has 1 atom stereocenters. The zero-order valence-corrected chi connectivity index (χ0v) is 6.20. The smallest absolute Gasteiger partial charge is 0.343 e. The van der Waals surface area contributed by atoms with Crippen molar-refractivity contribution in [1.82, 2.24) is 0 Å². The number of aliphatic hydroxyl groups is 1. The SMILES string of the molecule is C=CC[C@](O)(C(C)=O)C(=O)O. The van der Waals surface area contributed by atoms with E-state index in [1.807, 2.05) is 0 Å². The molecule has 0 radical (unpaired) electrons. The van der Waals surface area contributed by atoms with Crippen molar-refractivity contribution >= 4 is 11.8 Å². The monoisotopic (exact) mass is 158 g/mol. The van der Waals surface area contributed by atoms with Crippen molar-refractivity contribution in [3.05, 3.63) is 12.7 Å². The van der Waals surface area contributed by atoms with Crippen molar-refractivity contribution in [2.45, 2.75) is 18.9 Å². The summed E-state index contributed by atoms with van der Waals surface area (Å²) in [4.78, 5) is 21.0. The maximum atomic E-state index is 10.6. The molecule has 4 heteroatoms. The van der Waals surface area contributed by atoms with E-state index in [4.69, 9.17) is 10.2 Å². The van der Waals surface area contributed by atoms with Crippen molar-refractivity contribution in [1.29, 1.82) is 0 Å². The molecule has 0 bridgehead atoms. The standard InChI is InChI=1S/C7H10O4/c1-3-4-7(11,5(2)8)6(9)10/h3,11H,1,4H2,2H3,(H,9,10)/t7-/m0/s1. The molecule has 0 aliphatic carbocycles. The minimum absolute atomic E-state index is 0.266. The summed E-state index contributed by atoms with van der Waals surface area (Å²) in [5, 5.41) is 17.6. The second-order valence-electron chi connectivity index (χ2n) is 2.21. The van der Waals surface area contributed by atoms with Gasteiger partial charge in [-0.25, -0.2) is 4.79 Å². The van der Waals surface area contributed by atoms with Gasteiger partial charge in [-0.3, -0.25) is 4.79 Å². The van der Waals surface area contributed by atoms with E-state index < -0.39 is 17.4 Å². The van der Waals surface area contributed by atoms with Crippen LogP contribution in [-0.4, -0.2) is 27.6 Å².